The molecule has 2 unspecified atom stereocenters. The molecule has 1 aromatic heterocycles. The molecule has 0 aliphatic heterocycles. The Morgan fingerprint density at radius 1 is 1.39 bits per heavy atom. The number of rotatable bonds is 4. The van der Waals surface area contributed by atoms with Gasteiger partial charge in [0.1, 0.15) is 0 Å². The fourth-order valence-electron chi connectivity index (χ4n) is 5.29. The van der Waals surface area contributed by atoms with E-state index in [0.29, 0.717) is 17.4 Å². The van der Waals surface area contributed by atoms with Crippen molar-refractivity contribution < 1.29 is 14.3 Å². The number of hydrogen-bond donors (Lipinski definition) is 1. The molecular formula is C20H28O3. The van der Waals surface area contributed by atoms with E-state index < -0.39 is 5.97 Å². The third-order valence-electron chi connectivity index (χ3n) is 6.97. The van der Waals surface area contributed by atoms with E-state index in [9.17, 15) is 9.90 Å². The van der Waals surface area contributed by atoms with E-state index in [1.54, 1.807) is 6.26 Å². The molecule has 3 heteroatoms. The number of furan rings is 1. The van der Waals surface area contributed by atoms with Crippen molar-refractivity contribution in [2.75, 3.05) is 0 Å². The van der Waals surface area contributed by atoms with E-state index >= 15 is 0 Å². The minimum absolute atomic E-state index is 0.179. The highest BCUT2D eigenvalue weighted by Gasteiger charge is 2.55. The van der Waals surface area contributed by atoms with E-state index in [1.165, 1.54) is 5.56 Å². The lowest BCUT2D eigenvalue weighted by Gasteiger charge is -2.57. The van der Waals surface area contributed by atoms with Gasteiger partial charge in [0.25, 0.3) is 0 Å². The second-order valence-corrected chi connectivity index (χ2v) is 8.05. The number of carboxylic acid groups (broad SMARTS) is 1. The predicted octanol–water partition coefficient (Wildman–Crippen LogP) is 5.08. The van der Waals surface area contributed by atoms with Crippen molar-refractivity contribution in [1.82, 2.24) is 0 Å². The van der Waals surface area contributed by atoms with Crippen LogP contribution in [0.3, 0.4) is 0 Å². The van der Waals surface area contributed by atoms with Crippen molar-refractivity contribution in [3.05, 3.63) is 35.8 Å². The van der Waals surface area contributed by atoms with Crippen LogP contribution in [-0.4, -0.2) is 11.1 Å². The van der Waals surface area contributed by atoms with E-state index in [4.69, 9.17) is 4.42 Å². The topological polar surface area (TPSA) is 50.4 Å². The Kier molecular flexibility index (Phi) is 4.16. The van der Waals surface area contributed by atoms with E-state index in [2.05, 4.69) is 20.8 Å². The van der Waals surface area contributed by atoms with Crippen molar-refractivity contribution in [2.45, 2.75) is 59.3 Å². The summed E-state index contributed by atoms with van der Waals surface area (Å²) in [6, 6.07) is 2.04. The quantitative estimate of drug-likeness (QED) is 0.843. The van der Waals surface area contributed by atoms with Gasteiger partial charge in [0.05, 0.1) is 12.5 Å². The molecule has 1 heterocycles. The summed E-state index contributed by atoms with van der Waals surface area (Å²) < 4.78 is 5.20. The molecule has 1 aromatic rings. The lowest BCUT2D eigenvalue weighted by atomic mass is 9.46. The first-order valence-electron chi connectivity index (χ1n) is 8.83. The molecule has 0 radical (unpaired) electrons. The van der Waals surface area contributed by atoms with Gasteiger partial charge in [-0.2, -0.15) is 0 Å². The van der Waals surface area contributed by atoms with Crippen LogP contribution < -0.4 is 0 Å². The molecule has 23 heavy (non-hydrogen) atoms. The van der Waals surface area contributed by atoms with Crippen LogP contribution in [0.25, 0.3) is 0 Å². The number of hydrogen-bond acceptors (Lipinski definition) is 2. The van der Waals surface area contributed by atoms with Crippen LogP contribution in [-0.2, 0) is 11.2 Å². The van der Waals surface area contributed by atoms with Gasteiger partial charge in [0, 0.05) is 11.0 Å². The molecular weight excluding hydrogens is 288 g/mol. The molecule has 2 aliphatic carbocycles. The molecule has 3 nitrogen and oxygen atoms in total. The van der Waals surface area contributed by atoms with Gasteiger partial charge in [0.2, 0.25) is 0 Å². The Morgan fingerprint density at radius 2 is 2.17 bits per heavy atom. The fourth-order valence-corrected chi connectivity index (χ4v) is 5.29. The second-order valence-electron chi connectivity index (χ2n) is 8.05. The SMILES string of the molecule is CC1CC[C@@]2(C)C(C(=O)O)=CCCC2[C@@]1(C)CCc1ccoc1. The monoisotopic (exact) mass is 316 g/mol. The molecule has 1 N–H and O–H groups in total. The Morgan fingerprint density at radius 3 is 2.83 bits per heavy atom. The number of fused-ring (bicyclic) bond motifs is 1. The summed E-state index contributed by atoms with van der Waals surface area (Å²) >= 11 is 0. The summed E-state index contributed by atoms with van der Waals surface area (Å²) in [7, 11) is 0. The minimum Gasteiger partial charge on any atom is -0.478 e. The Labute approximate surface area is 138 Å². The van der Waals surface area contributed by atoms with Gasteiger partial charge in [-0.1, -0.05) is 26.8 Å². The molecule has 0 spiro atoms. The summed E-state index contributed by atoms with van der Waals surface area (Å²) in [5.74, 6) is 0.353. The Bertz CT molecular complexity index is 600. The third-order valence-corrected chi connectivity index (χ3v) is 6.97. The molecule has 0 amide bonds. The summed E-state index contributed by atoms with van der Waals surface area (Å²) in [4.78, 5) is 11.8. The van der Waals surface area contributed by atoms with Gasteiger partial charge in [-0.05, 0) is 67.4 Å². The molecule has 1 fully saturated rings. The molecule has 4 atom stereocenters. The molecule has 1 saturated carbocycles. The number of aryl methyl sites for hydroxylation is 1. The highest BCUT2D eigenvalue weighted by molar-refractivity contribution is 5.88. The molecule has 3 rings (SSSR count). The zero-order valence-corrected chi connectivity index (χ0v) is 14.5. The van der Waals surface area contributed by atoms with Crippen LogP contribution in [0.15, 0.2) is 34.7 Å². The van der Waals surface area contributed by atoms with Gasteiger partial charge in [-0.25, -0.2) is 4.79 Å². The van der Waals surface area contributed by atoms with Gasteiger partial charge >= 0.3 is 5.97 Å². The maximum Gasteiger partial charge on any atom is 0.331 e. The first-order valence-corrected chi connectivity index (χ1v) is 8.83. The van der Waals surface area contributed by atoms with Crippen LogP contribution in [0.4, 0.5) is 0 Å². The first-order chi connectivity index (χ1) is 10.9. The standard InChI is InChI=1S/C20H28O3/c1-14-7-10-20(3)16(18(21)22)5-4-6-17(20)19(14,2)11-8-15-9-12-23-13-15/h5,9,12-14,17H,4,6-8,10-11H2,1-3H3,(H,21,22)/t14?,17?,19-,20-/m0/s1. The third kappa shape index (κ3) is 2.64. The summed E-state index contributed by atoms with van der Waals surface area (Å²) in [5.41, 5.74) is 1.91. The summed E-state index contributed by atoms with van der Waals surface area (Å²) in [6.45, 7) is 6.94. The molecule has 0 aromatic carbocycles. The van der Waals surface area contributed by atoms with Gasteiger partial charge in [-0.3, -0.25) is 0 Å². The van der Waals surface area contributed by atoms with Crippen molar-refractivity contribution in [1.29, 1.82) is 0 Å². The van der Waals surface area contributed by atoms with Crippen LogP contribution in [0.1, 0.15) is 58.4 Å². The smallest absolute Gasteiger partial charge is 0.331 e. The summed E-state index contributed by atoms with van der Waals surface area (Å²) in [5, 5.41) is 9.68. The normalized spacial score (nSPS) is 37.1. The zero-order chi connectivity index (χ0) is 16.7. The number of carboxylic acids is 1. The highest BCUT2D eigenvalue weighted by atomic mass is 16.4. The van der Waals surface area contributed by atoms with E-state index in [0.717, 1.165) is 38.5 Å². The first kappa shape index (κ1) is 16.4. The van der Waals surface area contributed by atoms with Crippen molar-refractivity contribution in [3.8, 4) is 0 Å². The Balaban J connectivity index is 1.89. The molecule has 0 bridgehead atoms. The van der Waals surface area contributed by atoms with Gasteiger partial charge in [-0.15, -0.1) is 0 Å². The van der Waals surface area contributed by atoms with Crippen molar-refractivity contribution >= 4 is 5.97 Å². The van der Waals surface area contributed by atoms with Crippen LogP contribution >= 0.6 is 0 Å². The molecule has 0 saturated heterocycles. The summed E-state index contributed by atoms with van der Waals surface area (Å²) in [6.07, 6.45) is 11.8. The fraction of sp³-hybridized carbons (Fsp3) is 0.650. The molecule has 2 aliphatic rings. The minimum atomic E-state index is -0.719. The molecule has 126 valence electrons. The average molecular weight is 316 g/mol. The van der Waals surface area contributed by atoms with Crippen LogP contribution in [0.2, 0.25) is 0 Å². The zero-order valence-electron chi connectivity index (χ0n) is 14.5. The Hall–Kier alpha value is -1.51. The van der Waals surface area contributed by atoms with Gasteiger partial charge in [0.15, 0.2) is 0 Å². The highest BCUT2D eigenvalue weighted by Crippen LogP contribution is 2.61. The maximum absolute atomic E-state index is 11.8. The maximum atomic E-state index is 11.8. The lowest BCUT2D eigenvalue weighted by molar-refractivity contribution is -0.137. The predicted molar refractivity (Wildman–Crippen MR) is 90.1 cm³/mol. The largest absolute Gasteiger partial charge is 0.478 e. The van der Waals surface area contributed by atoms with Crippen LogP contribution in [0, 0.1) is 22.7 Å². The average Bonchev–Trinajstić information content (AvgIpc) is 3.02. The lowest BCUT2D eigenvalue weighted by Crippen LogP contribution is -2.51. The number of carbonyl (C=O) groups is 1. The van der Waals surface area contributed by atoms with E-state index in [1.807, 2.05) is 18.4 Å². The van der Waals surface area contributed by atoms with Gasteiger partial charge < -0.3 is 9.52 Å². The van der Waals surface area contributed by atoms with Crippen molar-refractivity contribution in [2.24, 2.45) is 22.7 Å². The number of allylic oxidation sites excluding steroid dienone is 1. The number of aliphatic carboxylic acids is 1. The van der Waals surface area contributed by atoms with E-state index in [-0.39, 0.29) is 10.8 Å². The van der Waals surface area contributed by atoms with Crippen LogP contribution in [0.5, 0.6) is 0 Å². The van der Waals surface area contributed by atoms with Crippen molar-refractivity contribution in [3.63, 3.8) is 0 Å². The second kappa shape index (κ2) is 5.85.